The average Bonchev–Trinajstić information content (AvgIpc) is 2.45. The maximum Gasteiger partial charge on any atom is 0.416 e. The first kappa shape index (κ1) is 15.0. The van der Waals surface area contributed by atoms with E-state index in [1.807, 2.05) is 0 Å². The Hall–Kier alpha value is -2.44. The highest BCUT2D eigenvalue weighted by atomic mass is 19.4. The first-order valence-corrected chi connectivity index (χ1v) is 6.09. The molecule has 1 heterocycles. The van der Waals surface area contributed by atoms with E-state index in [1.54, 1.807) is 6.07 Å². The molecular weight excluding hydrogens is 283 g/mol. The maximum atomic E-state index is 12.8. The number of carbonyl (C=O) groups excluding carboxylic acids is 1. The number of hydrogen-bond donors (Lipinski definition) is 1. The Morgan fingerprint density at radius 1 is 1.29 bits per heavy atom. The number of rotatable bonds is 3. The fraction of sp³-hybridized carbons (Fsp3) is 0.214. The molecule has 110 valence electrons. The van der Waals surface area contributed by atoms with Crippen LogP contribution in [0.25, 0.3) is 0 Å². The van der Waals surface area contributed by atoms with E-state index in [4.69, 9.17) is 0 Å². The summed E-state index contributed by atoms with van der Waals surface area (Å²) in [6, 6.07) is 5.31. The predicted molar refractivity (Wildman–Crippen MR) is 69.4 cm³/mol. The van der Waals surface area contributed by atoms with Crippen molar-refractivity contribution in [3.8, 4) is 0 Å². The van der Waals surface area contributed by atoms with Crippen molar-refractivity contribution in [1.29, 1.82) is 0 Å². The summed E-state index contributed by atoms with van der Waals surface area (Å²) in [5.74, 6) is -0.464. The van der Waals surface area contributed by atoms with Gasteiger partial charge in [0.25, 0.3) is 5.91 Å². The van der Waals surface area contributed by atoms with Crippen LogP contribution in [0, 0.1) is 6.92 Å². The number of benzene rings is 1. The topological polar surface area (TPSA) is 54.9 Å². The van der Waals surface area contributed by atoms with E-state index in [0.29, 0.717) is 5.56 Å². The molecule has 2 rings (SSSR count). The van der Waals surface area contributed by atoms with Gasteiger partial charge in [0, 0.05) is 12.7 Å². The second-order valence-corrected chi connectivity index (χ2v) is 4.36. The van der Waals surface area contributed by atoms with Crippen LogP contribution in [0.4, 0.5) is 13.2 Å². The van der Waals surface area contributed by atoms with E-state index in [-0.39, 0.29) is 17.8 Å². The molecule has 1 amide bonds. The second kappa shape index (κ2) is 5.90. The molecule has 2 aromatic rings. The number of alkyl halides is 3. The van der Waals surface area contributed by atoms with Gasteiger partial charge < -0.3 is 5.32 Å². The van der Waals surface area contributed by atoms with E-state index in [1.165, 1.54) is 31.6 Å². The van der Waals surface area contributed by atoms with E-state index in [2.05, 4.69) is 15.3 Å². The summed E-state index contributed by atoms with van der Waals surface area (Å²) in [6.07, 6.45) is -1.77. The Bertz CT molecular complexity index is 642. The van der Waals surface area contributed by atoms with Gasteiger partial charge in [-0.2, -0.15) is 13.2 Å². The first-order chi connectivity index (χ1) is 9.89. The molecule has 0 unspecified atom stereocenters. The smallest absolute Gasteiger partial charge is 0.347 e. The minimum atomic E-state index is -4.41. The minimum absolute atomic E-state index is 0.00140. The Labute approximate surface area is 119 Å². The summed E-state index contributed by atoms with van der Waals surface area (Å²) in [7, 11) is 0. The van der Waals surface area contributed by atoms with Crippen LogP contribution in [-0.4, -0.2) is 15.9 Å². The fourth-order valence-corrected chi connectivity index (χ4v) is 1.87. The first-order valence-electron chi connectivity index (χ1n) is 6.09. The molecule has 0 spiro atoms. The van der Waals surface area contributed by atoms with E-state index < -0.39 is 17.6 Å². The minimum Gasteiger partial charge on any atom is -0.347 e. The van der Waals surface area contributed by atoms with Gasteiger partial charge in [0.15, 0.2) is 0 Å². The average molecular weight is 295 g/mol. The van der Waals surface area contributed by atoms with Crippen molar-refractivity contribution in [3.63, 3.8) is 0 Å². The van der Waals surface area contributed by atoms with Crippen LogP contribution in [0.15, 0.2) is 36.8 Å². The lowest BCUT2D eigenvalue weighted by molar-refractivity contribution is -0.138. The lowest BCUT2D eigenvalue weighted by atomic mass is 10.0. The summed E-state index contributed by atoms with van der Waals surface area (Å²) < 4.78 is 38.4. The lowest BCUT2D eigenvalue weighted by Gasteiger charge is -2.14. The van der Waals surface area contributed by atoms with Crippen molar-refractivity contribution in [2.75, 3.05) is 0 Å². The van der Waals surface area contributed by atoms with Gasteiger partial charge in [-0.1, -0.05) is 12.1 Å². The van der Waals surface area contributed by atoms with Crippen molar-refractivity contribution in [2.45, 2.75) is 19.6 Å². The molecular formula is C14H12F3N3O. The molecule has 0 aliphatic rings. The summed E-state index contributed by atoms with van der Waals surface area (Å²) in [4.78, 5) is 19.2. The van der Waals surface area contributed by atoms with Crippen LogP contribution in [0.3, 0.4) is 0 Å². The molecule has 0 fully saturated rings. The highest BCUT2D eigenvalue weighted by molar-refractivity contribution is 5.92. The SMILES string of the molecule is Cc1c(CNC(=O)c2ccncn2)cccc1C(F)(F)F. The van der Waals surface area contributed by atoms with Crippen molar-refractivity contribution in [1.82, 2.24) is 15.3 Å². The molecule has 1 N–H and O–H groups in total. The molecule has 0 saturated heterocycles. The normalized spacial score (nSPS) is 11.2. The Morgan fingerprint density at radius 3 is 2.67 bits per heavy atom. The largest absolute Gasteiger partial charge is 0.416 e. The van der Waals surface area contributed by atoms with Gasteiger partial charge in [0.1, 0.15) is 12.0 Å². The number of amides is 1. The summed E-state index contributed by atoms with van der Waals surface area (Å²) in [6.45, 7) is 1.38. The van der Waals surface area contributed by atoms with Crippen molar-refractivity contribution >= 4 is 5.91 Å². The van der Waals surface area contributed by atoms with E-state index in [0.717, 1.165) is 6.07 Å². The van der Waals surface area contributed by atoms with Crippen LogP contribution in [0.1, 0.15) is 27.2 Å². The summed E-state index contributed by atoms with van der Waals surface area (Å²) >= 11 is 0. The third kappa shape index (κ3) is 3.56. The third-order valence-corrected chi connectivity index (χ3v) is 3.01. The van der Waals surface area contributed by atoms with Gasteiger partial charge in [-0.25, -0.2) is 9.97 Å². The zero-order valence-electron chi connectivity index (χ0n) is 11.1. The van der Waals surface area contributed by atoms with Crippen molar-refractivity contribution in [3.05, 3.63) is 59.2 Å². The van der Waals surface area contributed by atoms with E-state index in [9.17, 15) is 18.0 Å². The van der Waals surface area contributed by atoms with Crippen molar-refractivity contribution < 1.29 is 18.0 Å². The number of nitrogens with zero attached hydrogens (tertiary/aromatic N) is 2. The van der Waals surface area contributed by atoms with Crippen molar-refractivity contribution in [2.24, 2.45) is 0 Å². The molecule has 0 aliphatic heterocycles. The molecule has 1 aromatic heterocycles. The van der Waals surface area contributed by atoms with Crippen LogP contribution in [0.5, 0.6) is 0 Å². The van der Waals surface area contributed by atoms with Gasteiger partial charge in [-0.15, -0.1) is 0 Å². The van der Waals surface area contributed by atoms with Crippen LogP contribution in [-0.2, 0) is 12.7 Å². The Balaban J connectivity index is 2.13. The molecule has 0 bridgehead atoms. The number of nitrogens with one attached hydrogen (secondary N) is 1. The lowest BCUT2D eigenvalue weighted by Crippen LogP contribution is -2.24. The molecule has 0 aliphatic carbocycles. The standard InChI is InChI=1S/C14H12F3N3O/c1-9-10(3-2-4-11(9)14(15,16)17)7-19-13(21)12-5-6-18-8-20-12/h2-6,8H,7H2,1H3,(H,19,21). The maximum absolute atomic E-state index is 12.8. The second-order valence-electron chi connectivity index (χ2n) is 4.36. The number of halogens is 3. The highest BCUT2D eigenvalue weighted by Crippen LogP contribution is 2.32. The highest BCUT2D eigenvalue weighted by Gasteiger charge is 2.32. The van der Waals surface area contributed by atoms with E-state index >= 15 is 0 Å². The van der Waals surface area contributed by atoms with Crippen LogP contribution >= 0.6 is 0 Å². The monoisotopic (exact) mass is 295 g/mol. The molecule has 1 aromatic carbocycles. The Morgan fingerprint density at radius 2 is 2.05 bits per heavy atom. The molecule has 21 heavy (non-hydrogen) atoms. The molecule has 0 atom stereocenters. The predicted octanol–water partition coefficient (Wildman–Crippen LogP) is 2.73. The fourth-order valence-electron chi connectivity index (χ4n) is 1.87. The number of carbonyl (C=O) groups is 1. The Kier molecular flexibility index (Phi) is 4.21. The van der Waals surface area contributed by atoms with Gasteiger partial charge >= 0.3 is 6.18 Å². The van der Waals surface area contributed by atoms with Crippen LogP contribution < -0.4 is 5.32 Å². The molecule has 7 heteroatoms. The zero-order chi connectivity index (χ0) is 15.5. The van der Waals surface area contributed by atoms with Gasteiger partial charge in [-0.3, -0.25) is 4.79 Å². The molecule has 0 radical (unpaired) electrons. The van der Waals surface area contributed by atoms with Gasteiger partial charge in [-0.05, 0) is 30.2 Å². The third-order valence-electron chi connectivity index (χ3n) is 3.01. The quantitative estimate of drug-likeness (QED) is 0.947. The molecule has 0 saturated carbocycles. The zero-order valence-corrected chi connectivity index (χ0v) is 11.1. The molecule has 4 nitrogen and oxygen atoms in total. The van der Waals surface area contributed by atoms with Crippen LogP contribution in [0.2, 0.25) is 0 Å². The summed E-state index contributed by atoms with van der Waals surface area (Å²) in [5.41, 5.74) is -0.0221. The number of hydrogen-bond acceptors (Lipinski definition) is 3. The van der Waals surface area contributed by atoms with Gasteiger partial charge in [0.2, 0.25) is 0 Å². The van der Waals surface area contributed by atoms with Gasteiger partial charge in [0.05, 0.1) is 5.56 Å². The summed E-state index contributed by atoms with van der Waals surface area (Å²) in [5, 5.41) is 2.54. The number of aromatic nitrogens is 2.